The molecule has 2 atom stereocenters. The van der Waals surface area contributed by atoms with Gasteiger partial charge in [0.1, 0.15) is 0 Å². The molecule has 0 aliphatic carbocycles. The predicted octanol–water partition coefficient (Wildman–Crippen LogP) is 6.25. The van der Waals surface area contributed by atoms with E-state index in [9.17, 15) is 0 Å². The minimum absolute atomic E-state index is 0.283. The number of rotatable bonds is 8. The Morgan fingerprint density at radius 1 is 0.694 bits per heavy atom. The van der Waals surface area contributed by atoms with Gasteiger partial charge in [0.05, 0.1) is 29.2 Å². The fourth-order valence-electron chi connectivity index (χ4n) is 5.37. The number of piperidine rings is 1. The molecule has 1 aliphatic rings. The van der Waals surface area contributed by atoms with Crippen LogP contribution in [0.1, 0.15) is 70.7 Å². The molecule has 5 nitrogen and oxygen atoms in total. The van der Waals surface area contributed by atoms with Gasteiger partial charge in [-0.2, -0.15) is 0 Å². The van der Waals surface area contributed by atoms with Gasteiger partial charge in [-0.1, -0.05) is 42.5 Å². The van der Waals surface area contributed by atoms with E-state index in [2.05, 4.69) is 65.4 Å². The molecule has 4 aromatic rings. The molecule has 0 radical (unpaired) electrons. The molecule has 5 heteroatoms. The summed E-state index contributed by atoms with van der Waals surface area (Å²) in [6.45, 7) is 6.84. The van der Waals surface area contributed by atoms with E-state index in [-0.39, 0.29) is 12.1 Å². The van der Waals surface area contributed by atoms with Gasteiger partial charge in [0.25, 0.3) is 0 Å². The van der Waals surface area contributed by atoms with Crippen molar-refractivity contribution >= 4 is 0 Å². The van der Waals surface area contributed by atoms with Crippen molar-refractivity contribution in [1.29, 1.82) is 0 Å². The summed E-state index contributed by atoms with van der Waals surface area (Å²) in [5.41, 5.74) is 8.59. The number of hydrogen-bond acceptors (Lipinski definition) is 5. The largest absolute Gasteiger partial charge is 0.307 e. The predicted molar refractivity (Wildman–Crippen MR) is 144 cm³/mol. The van der Waals surface area contributed by atoms with E-state index in [0.717, 1.165) is 38.2 Å². The number of likely N-dealkylation sites (tertiary alicyclic amines) is 1. The Morgan fingerprint density at radius 2 is 1.31 bits per heavy atom. The van der Waals surface area contributed by atoms with Crippen molar-refractivity contribution in [2.75, 3.05) is 0 Å². The van der Waals surface area contributed by atoms with Gasteiger partial charge in [0.2, 0.25) is 0 Å². The topological polar surface area (TPSA) is 53.9 Å². The SMILES string of the molecule is Cc1cccnc1[C@H]1CCC[C@@H](c2ncccc2C)N1Cc1ccc(CNCc2ccccn2)cc1. The number of hydrogen-bond donors (Lipinski definition) is 1. The third-order valence-electron chi connectivity index (χ3n) is 7.24. The number of aromatic nitrogens is 3. The first-order valence-corrected chi connectivity index (χ1v) is 13.0. The Morgan fingerprint density at radius 3 is 1.89 bits per heavy atom. The molecule has 0 amide bonds. The zero-order valence-corrected chi connectivity index (χ0v) is 21.3. The second-order valence-electron chi connectivity index (χ2n) is 9.79. The number of nitrogens with zero attached hydrogens (tertiary/aromatic N) is 4. The Balaban J connectivity index is 1.35. The molecule has 1 fully saturated rings. The molecule has 0 unspecified atom stereocenters. The maximum absolute atomic E-state index is 4.84. The van der Waals surface area contributed by atoms with Gasteiger partial charge in [-0.05, 0) is 79.6 Å². The van der Waals surface area contributed by atoms with Crippen LogP contribution in [0.5, 0.6) is 0 Å². The quantitative estimate of drug-likeness (QED) is 0.325. The van der Waals surface area contributed by atoms with Gasteiger partial charge >= 0.3 is 0 Å². The lowest BCUT2D eigenvalue weighted by Crippen LogP contribution is -2.37. The van der Waals surface area contributed by atoms with Gasteiger partial charge in [-0.3, -0.25) is 19.9 Å². The minimum Gasteiger partial charge on any atom is -0.307 e. The third kappa shape index (κ3) is 5.69. The van der Waals surface area contributed by atoms with Crippen LogP contribution >= 0.6 is 0 Å². The van der Waals surface area contributed by atoms with E-state index < -0.39 is 0 Å². The fraction of sp³-hybridized carbons (Fsp3) is 0.323. The van der Waals surface area contributed by atoms with Crippen molar-refractivity contribution in [3.8, 4) is 0 Å². The van der Waals surface area contributed by atoms with Gasteiger partial charge in [-0.25, -0.2) is 0 Å². The number of benzene rings is 1. The van der Waals surface area contributed by atoms with Crippen molar-refractivity contribution in [3.63, 3.8) is 0 Å². The molecule has 36 heavy (non-hydrogen) atoms. The summed E-state index contributed by atoms with van der Waals surface area (Å²) >= 11 is 0. The van der Waals surface area contributed by atoms with Crippen LogP contribution in [0.4, 0.5) is 0 Å². The Labute approximate surface area is 214 Å². The third-order valence-corrected chi connectivity index (χ3v) is 7.24. The zero-order valence-electron chi connectivity index (χ0n) is 21.3. The highest BCUT2D eigenvalue weighted by atomic mass is 15.2. The maximum Gasteiger partial charge on any atom is 0.0604 e. The second kappa shape index (κ2) is 11.5. The standard InChI is InChI=1S/C31H35N5/c1-23-8-6-18-34-30(23)28-11-5-12-29(31-24(2)9-7-19-35-31)36(28)22-26-15-13-25(14-16-26)20-32-21-27-10-3-4-17-33-27/h3-4,6-10,13-19,28-29,32H,5,11-12,20-22H2,1-2H3/t28-,29+. The van der Waals surface area contributed by atoms with Crippen LogP contribution in [0.2, 0.25) is 0 Å². The first kappa shape index (κ1) is 24.3. The summed E-state index contributed by atoms with van der Waals surface area (Å²) < 4.78 is 0. The van der Waals surface area contributed by atoms with Crippen LogP contribution in [0.15, 0.2) is 85.3 Å². The lowest BCUT2D eigenvalue weighted by Gasteiger charge is -2.42. The molecule has 0 spiro atoms. The van der Waals surface area contributed by atoms with Crippen molar-refractivity contribution < 1.29 is 0 Å². The molecule has 5 rings (SSSR count). The van der Waals surface area contributed by atoms with Crippen molar-refractivity contribution in [3.05, 3.63) is 125 Å². The molecule has 0 saturated carbocycles. The molecule has 3 aromatic heterocycles. The van der Waals surface area contributed by atoms with E-state index in [1.54, 1.807) is 0 Å². The highest BCUT2D eigenvalue weighted by Gasteiger charge is 2.35. The van der Waals surface area contributed by atoms with Crippen LogP contribution in [0, 0.1) is 13.8 Å². The van der Waals surface area contributed by atoms with Crippen LogP contribution in [-0.2, 0) is 19.6 Å². The summed E-state index contributed by atoms with van der Waals surface area (Å²) in [7, 11) is 0. The van der Waals surface area contributed by atoms with Crippen LogP contribution in [0.3, 0.4) is 0 Å². The fourth-order valence-corrected chi connectivity index (χ4v) is 5.37. The zero-order chi connectivity index (χ0) is 24.7. The van der Waals surface area contributed by atoms with Crippen molar-refractivity contribution in [1.82, 2.24) is 25.2 Å². The van der Waals surface area contributed by atoms with Gasteiger partial charge in [0.15, 0.2) is 0 Å². The van der Waals surface area contributed by atoms with E-state index in [4.69, 9.17) is 9.97 Å². The molecule has 1 N–H and O–H groups in total. The molecule has 4 heterocycles. The van der Waals surface area contributed by atoms with Gasteiger partial charge < -0.3 is 5.32 Å². The molecular formula is C31H35N5. The molecule has 1 aromatic carbocycles. The van der Waals surface area contributed by atoms with Crippen molar-refractivity contribution in [2.24, 2.45) is 0 Å². The monoisotopic (exact) mass is 477 g/mol. The summed E-state index contributed by atoms with van der Waals surface area (Å²) in [6, 6.07) is 24.1. The Bertz CT molecular complexity index is 1200. The van der Waals surface area contributed by atoms with Crippen LogP contribution < -0.4 is 5.32 Å². The lowest BCUT2D eigenvalue weighted by molar-refractivity contribution is 0.0679. The Hall–Kier alpha value is -3.41. The van der Waals surface area contributed by atoms with E-state index in [1.165, 1.54) is 40.1 Å². The molecule has 1 aliphatic heterocycles. The minimum atomic E-state index is 0.283. The molecule has 184 valence electrons. The summed E-state index contributed by atoms with van der Waals surface area (Å²) in [5.74, 6) is 0. The average Bonchev–Trinajstić information content (AvgIpc) is 2.91. The smallest absolute Gasteiger partial charge is 0.0604 e. The number of aryl methyl sites for hydroxylation is 2. The summed E-state index contributed by atoms with van der Waals surface area (Å²) in [4.78, 5) is 16.7. The molecular weight excluding hydrogens is 442 g/mol. The molecule has 1 saturated heterocycles. The lowest BCUT2D eigenvalue weighted by atomic mass is 9.88. The highest BCUT2D eigenvalue weighted by Crippen LogP contribution is 2.43. The summed E-state index contributed by atoms with van der Waals surface area (Å²) in [5, 5.41) is 3.50. The van der Waals surface area contributed by atoms with Crippen molar-refractivity contribution in [2.45, 2.75) is 64.8 Å². The van der Waals surface area contributed by atoms with Crippen LogP contribution in [0.25, 0.3) is 0 Å². The number of pyridine rings is 3. The van der Waals surface area contributed by atoms with E-state index in [0.29, 0.717) is 0 Å². The normalized spacial score (nSPS) is 18.3. The Kier molecular flexibility index (Phi) is 7.79. The van der Waals surface area contributed by atoms with E-state index in [1.807, 2.05) is 48.9 Å². The maximum atomic E-state index is 4.84. The first-order valence-electron chi connectivity index (χ1n) is 13.0. The molecule has 0 bridgehead atoms. The first-order chi connectivity index (χ1) is 17.7. The van der Waals surface area contributed by atoms with E-state index >= 15 is 0 Å². The average molecular weight is 478 g/mol. The second-order valence-corrected chi connectivity index (χ2v) is 9.79. The van der Waals surface area contributed by atoms with Gasteiger partial charge in [0, 0.05) is 38.2 Å². The highest BCUT2D eigenvalue weighted by molar-refractivity contribution is 5.28. The number of nitrogens with one attached hydrogen (secondary N) is 1. The summed E-state index contributed by atoms with van der Waals surface area (Å²) in [6.07, 6.45) is 9.13. The van der Waals surface area contributed by atoms with Gasteiger partial charge in [-0.15, -0.1) is 0 Å². The van der Waals surface area contributed by atoms with Crippen LogP contribution in [-0.4, -0.2) is 19.9 Å².